The molecule has 2 aliphatic rings. The average molecular weight is 482 g/mol. The number of rotatable bonds is 4. The number of hydrogen-bond acceptors (Lipinski definition) is 4. The standard InChI is InChI=1S/C25H21F2N3O3S/c1-33-20-8-9-22-21(14-20)25(23(31)29(22)15-16-4-2-5-17(26)12-16)30(10-11-34-25)24(32)28-19-7-3-6-18(27)13-19/h2-9,12-14H,10-11,15H2,1H3,(H,28,32)/t25-/m0/s1. The molecule has 3 aromatic rings. The van der Waals surface area contributed by atoms with Crippen LogP contribution in [-0.2, 0) is 16.2 Å². The van der Waals surface area contributed by atoms with Crippen LogP contribution in [0.4, 0.5) is 25.0 Å². The van der Waals surface area contributed by atoms with Gasteiger partial charge in [0.1, 0.15) is 17.4 Å². The van der Waals surface area contributed by atoms with E-state index in [9.17, 15) is 18.4 Å². The summed E-state index contributed by atoms with van der Waals surface area (Å²) in [5.74, 6) is -0.0718. The summed E-state index contributed by atoms with van der Waals surface area (Å²) in [6.07, 6.45) is 0. The first-order valence-electron chi connectivity index (χ1n) is 10.7. The fourth-order valence-corrected chi connectivity index (χ4v) is 5.91. The summed E-state index contributed by atoms with van der Waals surface area (Å²) in [7, 11) is 1.53. The van der Waals surface area contributed by atoms with E-state index in [2.05, 4.69) is 5.32 Å². The highest BCUT2D eigenvalue weighted by Gasteiger charge is 2.59. The van der Waals surface area contributed by atoms with Gasteiger partial charge in [-0.05, 0) is 54.1 Å². The van der Waals surface area contributed by atoms with Gasteiger partial charge < -0.3 is 15.0 Å². The molecule has 1 spiro atoms. The van der Waals surface area contributed by atoms with E-state index in [0.717, 1.165) is 0 Å². The number of methoxy groups -OCH3 is 1. The molecule has 6 nitrogen and oxygen atoms in total. The van der Waals surface area contributed by atoms with Crippen molar-refractivity contribution >= 4 is 35.1 Å². The molecule has 9 heteroatoms. The lowest BCUT2D eigenvalue weighted by Gasteiger charge is -2.33. The van der Waals surface area contributed by atoms with Crippen LogP contribution < -0.4 is 15.0 Å². The van der Waals surface area contributed by atoms with Crippen molar-refractivity contribution in [3.8, 4) is 5.75 Å². The van der Waals surface area contributed by atoms with Gasteiger partial charge in [-0.25, -0.2) is 13.6 Å². The second-order valence-electron chi connectivity index (χ2n) is 7.99. The molecule has 1 saturated heterocycles. The quantitative estimate of drug-likeness (QED) is 0.573. The Hall–Kier alpha value is -3.59. The van der Waals surface area contributed by atoms with Crippen LogP contribution >= 0.6 is 11.8 Å². The van der Waals surface area contributed by atoms with E-state index in [1.807, 2.05) is 0 Å². The Kier molecular flexibility index (Phi) is 5.65. The Morgan fingerprint density at radius 3 is 2.59 bits per heavy atom. The minimum Gasteiger partial charge on any atom is -0.497 e. The minimum absolute atomic E-state index is 0.150. The molecule has 34 heavy (non-hydrogen) atoms. The number of urea groups is 1. The van der Waals surface area contributed by atoms with Crippen molar-refractivity contribution in [1.82, 2.24) is 4.90 Å². The number of thioether (sulfide) groups is 1. The summed E-state index contributed by atoms with van der Waals surface area (Å²) in [4.78, 5) is 29.1. The zero-order valence-corrected chi connectivity index (χ0v) is 19.1. The van der Waals surface area contributed by atoms with Crippen molar-refractivity contribution in [3.63, 3.8) is 0 Å². The first-order valence-corrected chi connectivity index (χ1v) is 11.6. The Morgan fingerprint density at radius 2 is 1.85 bits per heavy atom. The molecule has 1 atom stereocenters. The van der Waals surface area contributed by atoms with Gasteiger partial charge in [0.05, 0.1) is 19.3 Å². The fraction of sp³-hybridized carbons (Fsp3) is 0.200. The van der Waals surface area contributed by atoms with Gasteiger partial charge in [-0.15, -0.1) is 11.8 Å². The van der Waals surface area contributed by atoms with E-state index >= 15 is 0 Å². The molecule has 0 aliphatic carbocycles. The van der Waals surface area contributed by atoms with E-state index in [-0.39, 0.29) is 18.3 Å². The Morgan fingerprint density at radius 1 is 1.09 bits per heavy atom. The third-order valence-electron chi connectivity index (χ3n) is 5.95. The van der Waals surface area contributed by atoms with Gasteiger partial charge in [0.25, 0.3) is 5.91 Å². The van der Waals surface area contributed by atoms with E-state index in [0.29, 0.717) is 40.5 Å². The van der Waals surface area contributed by atoms with Crippen LogP contribution in [0.25, 0.3) is 0 Å². The first kappa shape index (κ1) is 22.2. The van der Waals surface area contributed by atoms with Crippen LogP contribution in [0, 0.1) is 11.6 Å². The zero-order valence-electron chi connectivity index (χ0n) is 18.3. The lowest BCUT2D eigenvalue weighted by Crippen LogP contribution is -2.51. The molecule has 1 fully saturated rings. The number of nitrogens with one attached hydrogen (secondary N) is 1. The number of carbonyl (C=O) groups excluding carboxylic acids is 2. The predicted octanol–water partition coefficient (Wildman–Crippen LogP) is 4.95. The van der Waals surface area contributed by atoms with Crippen molar-refractivity contribution in [1.29, 1.82) is 0 Å². The highest BCUT2D eigenvalue weighted by Crippen LogP contribution is 2.55. The van der Waals surface area contributed by atoms with Crippen molar-refractivity contribution in [2.75, 3.05) is 29.6 Å². The Bertz CT molecular complexity index is 1290. The largest absolute Gasteiger partial charge is 0.497 e. The molecule has 5 rings (SSSR count). The van der Waals surface area contributed by atoms with Gasteiger partial charge in [0, 0.05) is 23.5 Å². The van der Waals surface area contributed by atoms with E-state index in [1.165, 1.54) is 54.1 Å². The van der Waals surface area contributed by atoms with E-state index < -0.39 is 16.7 Å². The van der Waals surface area contributed by atoms with Gasteiger partial charge in [0.15, 0.2) is 4.87 Å². The summed E-state index contributed by atoms with van der Waals surface area (Å²) in [6, 6.07) is 16.5. The topological polar surface area (TPSA) is 61.9 Å². The van der Waals surface area contributed by atoms with Crippen LogP contribution in [0.2, 0.25) is 0 Å². The normalized spacial score (nSPS) is 19.0. The van der Waals surface area contributed by atoms with Crippen LogP contribution in [0.5, 0.6) is 5.75 Å². The predicted molar refractivity (Wildman–Crippen MR) is 127 cm³/mol. The monoisotopic (exact) mass is 481 g/mol. The van der Waals surface area contributed by atoms with Crippen molar-refractivity contribution in [3.05, 3.63) is 89.5 Å². The maximum absolute atomic E-state index is 14.0. The second-order valence-corrected chi connectivity index (χ2v) is 9.28. The molecule has 0 unspecified atom stereocenters. The number of hydrogen-bond donors (Lipinski definition) is 1. The number of anilines is 2. The third-order valence-corrected chi connectivity index (χ3v) is 7.37. The number of benzene rings is 3. The number of ether oxygens (including phenoxy) is 1. The molecule has 2 aliphatic heterocycles. The molecule has 0 radical (unpaired) electrons. The molecular weight excluding hydrogens is 460 g/mol. The molecular formula is C25H21F2N3O3S. The van der Waals surface area contributed by atoms with Crippen LogP contribution in [0.15, 0.2) is 66.7 Å². The maximum Gasteiger partial charge on any atom is 0.323 e. The second kappa shape index (κ2) is 8.64. The summed E-state index contributed by atoms with van der Waals surface area (Å²) >= 11 is 1.36. The number of carbonyl (C=O) groups is 2. The van der Waals surface area contributed by atoms with Gasteiger partial charge in [-0.2, -0.15) is 0 Å². The summed E-state index contributed by atoms with van der Waals surface area (Å²) in [5.41, 5.74) is 2.19. The number of fused-ring (bicyclic) bond motifs is 2. The molecule has 0 aromatic heterocycles. The lowest BCUT2D eigenvalue weighted by molar-refractivity contribution is -0.123. The average Bonchev–Trinajstić information content (AvgIpc) is 3.36. The first-order chi connectivity index (χ1) is 16.4. The van der Waals surface area contributed by atoms with Gasteiger partial charge in [-0.1, -0.05) is 18.2 Å². The van der Waals surface area contributed by atoms with Crippen LogP contribution in [-0.4, -0.2) is 36.2 Å². The number of nitrogens with zero attached hydrogens (tertiary/aromatic N) is 2. The maximum atomic E-state index is 14.0. The van der Waals surface area contributed by atoms with E-state index in [4.69, 9.17) is 4.74 Å². The summed E-state index contributed by atoms with van der Waals surface area (Å²) in [6.45, 7) is 0.472. The van der Waals surface area contributed by atoms with Gasteiger partial charge in [-0.3, -0.25) is 9.69 Å². The summed E-state index contributed by atoms with van der Waals surface area (Å²) in [5, 5.41) is 2.71. The highest BCUT2D eigenvalue weighted by atomic mass is 32.2. The molecule has 0 bridgehead atoms. The Labute approximate surface area is 199 Å². The van der Waals surface area contributed by atoms with Crippen molar-refractivity contribution in [2.45, 2.75) is 11.4 Å². The SMILES string of the molecule is COc1ccc2c(c1)[C@]1(SCCN1C(=O)Nc1cccc(F)c1)C(=O)N2Cc1cccc(F)c1. The third kappa shape index (κ3) is 3.66. The molecule has 0 saturated carbocycles. The zero-order chi connectivity index (χ0) is 23.9. The lowest BCUT2D eigenvalue weighted by atomic mass is 10.1. The highest BCUT2D eigenvalue weighted by molar-refractivity contribution is 8.01. The van der Waals surface area contributed by atoms with Gasteiger partial charge in [0.2, 0.25) is 0 Å². The number of amides is 3. The van der Waals surface area contributed by atoms with Crippen molar-refractivity contribution < 1.29 is 23.1 Å². The van der Waals surface area contributed by atoms with Crippen LogP contribution in [0.1, 0.15) is 11.1 Å². The smallest absolute Gasteiger partial charge is 0.323 e. The fourth-order valence-electron chi connectivity index (χ4n) is 4.45. The molecule has 3 aromatic carbocycles. The molecule has 174 valence electrons. The van der Waals surface area contributed by atoms with Crippen LogP contribution in [0.3, 0.4) is 0 Å². The minimum atomic E-state index is -1.31. The molecule has 1 N–H and O–H groups in total. The molecule has 3 amide bonds. The Balaban J connectivity index is 1.55. The molecule has 2 heterocycles. The van der Waals surface area contributed by atoms with E-state index in [1.54, 1.807) is 41.3 Å². The number of halogens is 2. The van der Waals surface area contributed by atoms with Gasteiger partial charge >= 0.3 is 6.03 Å². The van der Waals surface area contributed by atoms with Crippen molar-refractivity contribution in [2.24, 2.45) is 0 Å². The summed E-state index contributed by atoms with van der Waals surface area (Å²) < 4.78 is 32.9.